The largest absolute Gasteiger partial charge is 0.486 e. The van der Waals surface area contributed by atoms with Crippen LogP contribution in [0.1, 0.15) is 44.9 Å². The van der Waals surface area contributed by atoms with E-state index >= 15 is 0 Å². The van der Waals surface area contributed by atoms with Gasteiger partial charge >= 0.3 is 0 Å². The molecule has 3 saturated heterocycles. The summed E-state index contributed by atoms with van der Waals surface area (Å²) in [5.74, 6) is 0.958. The molecular formula is C22H31ClN2O3. The zero-order valence-electron chi connectivity index (χ0n) is 16.6. The van der Waals surface area contributed by atoms with Gasteiger partial charge in [-0.15, -0.1) is 0 Å². The highest BCUT2D eigenvalue weighted by atomic mass is 35.5. The molecule has 4 rings (SSSR count). The summed E-state index contributed by atoms with van der Waals surface area (Å²) in [4.78, 5) is 17.3. The van der Waals surface area contributed by atoms with Crippen LogP contribution < -0.4 is 4.74 Å². The zero-order valence-corrected chi connectivity index (χ0v) is 17.3. The summed E-state index contributed by atoms with van der Waals surface area (Å²) < 4.78 is 12.3. The predicted octanol–water partition coefficient (Wildman–Crippen LogP) is 3.74. The van der Waals surface area contributed by atoms with Crippen LogP contribution in [0.3, 0.4) is 0 Å². The maximum Gasteiger partial charge on any atom is 0.236 e. The van der Waals surface area contributed by atoms with Crippen LogP contribution in [0.25, 0.3) is 0 Å². The fraction of sp³-hybridized carbons (Fsp3) is 0.682. The maximum atomic E-state index is 12.9. The van der Waals surface area contributed by atoms with E-state index in [1.165, 1.54) is 25.7 Å². The fourth-order valence-corrected chi connectivity index (χ4v) is 4.96. The van der Waals surface area contributed by atoms with Gasteiger partial charge in [0.05, 0.1) is 23.8 Å². The molecule has 1 aromatic rings. The van der Waals surface area contributed by atoms with Crippen molar-refractivity contribution >= 4 is 17.5 Å². The summed E-state index contributed by atoms with van der Waals surface area (Å²) >= 11 is 6.23. The van der Waals surface area contributed by atoms with Gasteiger partial charge in [0.1, 0.15) is 11.9 Å². The number of para-hydroxylation sites is 1. The average molecular weight is 407 g/mol. The molecule has 0 saturated carbocycles. The van der Waals surface area contributed by atoms with Gasteiger partial charge in [-0.2, -0.15) is 0 Å². The van der Waals surface area contributed by atoms with Crippen molar-refractivity contribution in [2.75, 3.05) is 39.3 Å². The number of rotatable bonds is 4. The van der Waals surface area contributed by atoms with Gasteiger partial charge in [0.15, 0.2) is 0 Å². The van der Waals surface area contributed by atoms with Gasteiger partial charge in [0, 0.05) is 19.5 Å². The Kier molecular flexibility index (Phi) is 6.44. The molecule has 3 heterocycles. The van der Waals surface area contributed by atoms with Gasteiger partial charge in [0.25, 0.3) is 0 Å². The number of carbonyl (C=O) groups excluding carboxylic acids is 1. The van der Waals surface area contributed by atoms with Gasteiger partial charge in [-0.25, -0.2) is 0 Å². The fourth-order valence-electron chi connectivity index (χ4n) is 4.78. The summed E-state index contributed by atoms with van der Waals surface area (Å²) in [6.45, 7) is 4.73. The Hall–Kier alpha value is -1.30. The van der Waals surface area contributed by atoms with Crippen molar-refractivity contribution in [1.29, 1.82) is 0 Å². The molecule has 6 heteroatoms. The van der Waals surface area contributed by atoms with Gasteiger partial charge in [-0.1, -0.05) is 36.6 Å². The van der Waals surface area contributed by atoms with Gasteiger partial charge in [-0.05, 0) is 50.9 Å². The molecule has 0 N–H and O–H groups in total. The summed E-state index contributed by atoms with van der Waals surface area (Å²) in [5, 5.41) is 0.626. The lowest BCUT2D eigenvalue weighted by Gasteiger charge is -2.40. The Morgan fingerprint density at radius 3 is 2.71 bits per heavy atom. The maximum absolute atomic E-state index is 12.9. The predicted molar refractivity (Wildman–Crippen MR) is 110 cm³/mol. The number of carbonyl (C=O) groups is 1. The average Bonchev–Trinajstić information content (AvgIpc) is 2.90. The molecule has 154 valence electrons. The minimum Gasteiger partial charge on any atom is -0.486 e. The van der Waals surface area contributed by atoms with Crippen molar-refractivity contribution in [2.45, 2.75) is 56.7 Å². The quantitative estimate of drug-likeness (QED) is 0.763. The second-order valence-corrected chi connectivity index (χ2v) is 8.88. The Labute approximate surface area is 172 Å². The SMILES string of the molecule is O=C(CN1CCCCCC1)N1CCC[C@@]2(C[C@@H](Oc3ccccc3Cl)CO2)C1. The number of amides is 1. The molecule has 0 radical (unpaired) electrons. The molecule has 28 heavy (non-hydrogen) atoms. The summed E-state index contributed by atoms with van der Waals surface area (Å²) in [6.07, 6.45) is 7.78. The number of ether oxygens (including phenoxy) is 2. The van der Waals surface area contributed by atoms with Crippen LogP contribution >= 0.6 is 11.6 Å². The number of benzene rings is 1. The smallest absolute Gasteiger partial charge is 0.236 e. The van der Waals surface area contributed by atoms with Gasteiger partial charge in [0.2, 0.25) is 5.91 Å². The van der Waals surface area contributed by atoms with E-state index < -0.39 is 0 Å². The van der Waals surface area contributed by atoms with E-state index in [0.717, 1.165) is 38.9 Å². The normalized spacial score (nSPS) is 29.0. The summed E-state index contributed by atoms with van der Waals surface area (Å²) in [6, 6.07) is 7.56. The first kappa shape index (κ1) is 20.0. The second-order valence-electron chi connectivity index (χ2n) is 8.48. The first-order valence-electron chi connectivity index (χ1n) is 10.7. The summed E-state index contributed by atoms with van der Waals surface area (Å²) in [7, 11) is 0. The monoisotopic (exact) mass is 406 g/mol. The molecule has 2 atom stereocenters. The molecule has 1 spiro atoms. The first-order chi connectivity index (χ1) is 13.6. The van der Waals surface area contributed by atoms with Crippen molar-refractivity contribution in [2.24, 2.45) is 0 Å². The molecule has 3 aliphatic rings. The number of nitrogens with zero attached hydrogens (tertiary/aromatic N) is 2. The Bertz CT molecular complexity index is 678. The highest BCUT2D eigenvalue weighted by Crippen LogP contribution is 2.37. The third-order valence-electron chi connectivity index (χ3n) is 6.26. The summed E-state index contributed by atoms with van der Waals surface area (Å²) in [5.41, 5.74) is -0.265. The Balaban J connectivity index is 1.33. The minimum atomic E-state index is -0.265. The van der Waals surface area contributed by atoms with Crippen LogP contribution in [-0.2, 0) is 9.53 Å². The van der Waals surface area contributed by atoms with Crippen molar-refractivity contribution in [1.82, 2.24) is 9.80 Å². The highest BCUT2D eigenvalue weighted by molar-refractivity contribution is 6.32. The molecule has 5 nitrogen and oxygen atoms in total. The lowest BCUT2D eigenvalue weighted by molar-refractivity contribution is -0.140. The Morgan fingerprint density at radius 1 is 1.14 bits per heavy atom. The van der Waals surface area contributed by atoms with E-state index in [9.17, 15) is 4.79 Å². The minimum absolute atomic E-state index is 0.0134. The Morgan fingerprint density at radius 2 is 1.93 bits per heavy atom. The third-order valence-corrected chi connectivity index (χ3v) is 6.57. The van der Waals surface area contributed by atoms with Gasteiger partial charge in [-0.3, -0.25) is 9.69 Å². The van der Waals surface area contributed by atoms with E-state index in [-0.39, 0.29) is 17.6 Å². The number of piperidine rings is 1. The number of halogens is 1. The molecule has 3 aliphatic heterocycles. The first-order valence-corrected chi connectivity index (χ1v) is 11.1. The van der Waals surface area contributed by atoms with Crippen molar-refractivity contribution < 1.29 is 14.3 Å². The van der Waals surface area contributed by atoms with Gasteiger partial charge < -0.3 is 14.4 Å². The molecule has 0 aliphatic carbocycles. The standard InChI is InChI=1S/C22H31ClN2O3/c23-19-8-3-4-9-20(19)28-18-14-22(27-16-18)10-7-13-25(17-22)21(26)15-24-11-5-1-2-6-12-24/h3-4,8-9,18H,1-2,5-7,10-17H2/t18-,22-/m1/s1. The van der Waals surface area contributed by atoms with Crippen molar-refractivity contribution in [3.63, 3.8) is 0 Å². The van der Waals surface area contributed by atoms with E-state index in [2.05, 4.69) is 4.90 Å². The van der Waals surface area contributed by atoms with Crippen LogP contribution in [0.4, 0.5) is 0 Å². The van der Waals surface area contributed by atoms with Crippen LogP contribution in [0, 0.1) is 0 Å². The lowest BCUT2D eigenvalue weighted by atomic mass is 9.89. The third kappa shape index (κ3) is 4.81. The van der Waals surface area contributed by atoms with E-state index in [0.29, 0.717) is 30.5 Å². The molecule has 1 amide bonds. The van der Waals surface area contributed by atoms with E-state index in [4.69, 9.17) is 21.1 Å². The molecule has 3 fully saturated rings. The number of hydrogen-bond donors (Lipinski definition) is 0. The zero-order chi connectivity index (χ0) is 19.4. The van der Waals surface area contributed by atoms with Crippen molar-refractivity contribution in [3.8, 4) is 5.75 Å². The molecular weight excluding hydrogens is 376 g/mol. The molecule has 0 aromatic heterocycles. The molecule has 1 aromatic carbocycles. The number of hydrogen-bond acceptors (Lipinski definition) is 4. The number of likely N-dealkylation sites (tertiary alicyclic amines) is 2. The van der Waals surface area contributed by atoms with Crippen LogP contribution in [0.2, 0.25) is 5.02 Å². The van der Waals surface area contributed by atoms with Crippen LogP contribution in [-0.4, -0.2) is 66.7 Å². The lowest BCUT2D eigenvalue weighted by Crippen LogP contribution is -2.52. The highest BCUT2D eigenvalue weighted by Gasteiger charge is 2.45. The van der Waals surface area contributed by atoms with Crippen molar-refractivity contribution in [3.05, 3.63) is 29.3 Å². The van der Waals surface area contributed by atoms with Crippen LogP contribution in [0.15, 0.2) is 24.3 Å². The molecule has 0 unspecified atom stereocenters. The van der Waals surface area contributed by atoms with Crippen LogP contribution in [0.5, 0.6) is 5.75 Å². The molecule has 0 bridgehead atoms. The second kappa shape index (κ2) is 9.02. The topological polar surface area (TPSA) is 42.0 Å². The van der Waals surface area contributed by atoms with E-state index in [1.54, 1.807) is 0 Å². The van der Waals surface area contributed by atoms with E-state index in [1.807, 2.05) is 29.2 Å².